The number of benzene rings is 2. The molecule has 0 bridgehead atoms. The van der Waals surface area contributed by atoms with Crippen molar-refractivity contribution in [3.63, 3.8) is 0 Å². The second kappa shape index (κ2) is 9.19. The maximum Gasteiger partial charge on any atom is 0.410 e. The first-order chi connectivity index (χ1) is 15.5. The van der Waals surface area contributed by atoms with Gasteiger partial charge >= 0.3 is 12.1 Å². The smallest absolute Gasteiger partial charge is 0.410 e. The molecule has 166 valence electrons. The van der Waals surface area contributed by atoms with Gasteiger partial charge in [-0.25, -0.2) is 9.59 Å². The number of likely N-dealkylation sites (N-methyl/N-ethyl adjacent to an activating group) is 1. The van der Waals surface area contributed by atoms with Crippen LogP contribution in [-0.4, -0.2) is 62.4 Å². The van der Waals surface area contributed by atoms with E-state index in [1.54, 1.807) is 0 Å². The highest BCUT2D eigenvalue weighted by Gasteiger charge is 2.34. The fourth-order valence-electron chi connectivity index (χ4n) is 4.07. The van der Waals surface area contributed by atoms with Crippen molar-refractivity contribution in [1.29, 1.82) is 0 Å². The molecule has 0 saturated heterocycles. The second-order valence-corrected chi connectivity index (χ2v) is 7.64. The molecule has 2 aromatic carbocycles. The normalized spacial score (nSPS) is 13.3. The molecule has 1 atom stereocenters. The van der Waals surface area contributed by atoms with Crippen LogP contribution in [0.2, 0.25) is 0 Å². The van der Waals surface area contributed by atoms with Crippen LogP contribution in [-0.2, 0) is 16.1 Å². The topological polar surface area (TPSA) is 118 Å². The summed E-state index contributed by atoms with van der Waals surface area (Å²) in [5.74, 6) is -1.36. The van der Waals surface area contributed by atoms with Crippen LogP contribution in [0.3, 0.4) is 0 Å². The van der Waals surface area contributed by atoms with Gasteiger partial charge in [-0.1, -0.05) is 53.7 Å². The van der Waals surface area contributed by atoms with Gasteiger partial charge in [-0.3, -0.25) is 9.58 Å². The Bertz CT molecular complexity index is 1080. The van der Waals surface area contributed by atoms with Gasteiger partial charge in [0, 0.05) is 26.1 Å². The van der Waals surface area contributed by atoms with Crippen LogP contribution in [0.1, 0.15) is 35.2 Å². The summed E-state index contributed by atoms with van der Waals surface area (Å²) in [6.07, 6.45) is 1.16. The first-order valence-corrected chi connectivity index (χ1v) is 10.3. The molecule has 3 aromatic rings. The molecule has 2 N–H and O–H groups in total. The number of ether oxygens (including phenoxy) is 1. The first kappa shape index (κ1) is 21.5. The molecule has 1 aliphatic carbocycles. The van der Waals surface area contributed by atoms with E-state index in [2.05, 4.69) is 10.3 Å². The number of nitrogens with zero attached hydrogens (tertiary/aromatic N) is 4. The van der Waals surface area contributed by atoms with Gasteiger partial charge in [0.15, 0.2) is 6.04 Å². The van der Waals surface area contributed by atoms with Crippen molar-refractivity contribution in [1.82, 2.24) is 19.9 Å². The molecule has 0 aliphatic heterocycles. The summed E-state index contributed by atoms with van der Waals surface area (Å²) in [6, 6.07) is 14.6. The molecule has 1 unspecified atom stereocenters. The third kappa shape index (κ3) is 4.06. The first-order valence-electron chi connectivity index (χ1n) is 10.3. The molecule has 9 nitrogen and oxygen atoms in total. The number of carbonyl (C=O) groups is 2. The van der Waals surface area contributed by atoms with Gasteiger partial charge in [0.2, 0.25) is 0 Å². The van der Waals surface area contributed by atoms with Gasteiger partial charge in [-0.2, -0.15) is 0 Å². The molecule has 1 aliphatic rings. The van der Waals surface area contributed by atoms with Crippen molar-refractivity contribution in [3.05, 3.63) is 71.5 Å². The number of hydrogen-bond donors (Lipinski definition) is 2. The Labute approximate surface area is 184 Å². The van der Waals surface area contributed by atoms with Gasteiger partial charge in [-0.05, 0) is 28.7 Å². The highest BCUT2D eigenvalue weighted by Crippen LogP contribution is 2.44. The van der Waals surface area contributed by atoms with Crippen molar-refractivity contribution < 1.29 is 24.5 Å². The fraction of sp³-hybridized carbons (Fsp3) is 0.304. The number of amides is 1. The number of carbonyl (C=O) groups excluding carboxylic acids is 1. The number of aliphatic carboxylic acids is 1. The van der Waals surface area contributed by atoms with E-state index < -0.39 is 18.1 Å². The lowest BCUT2D eigenvalue weighted by Crippen LogP contribution is -2.37. The van der Waals surface area contributed by atoms with E-state index >= 15 is 0 Å². The zero-order valence-electron chi connectivity index (χ0n) is 17.6. The van der Waals surface area contributed by atoms with Crippen molar-refractivity contribution >= 4 is 12.1 Å². The average molecular weight is 436 g/mol. The summed E-state index contributed by atoms with van der Waals surface area (Å²) in [5, 5.41) is 26.4. The molecule has 0 fully saturated rings. The Kier molecular flexibility index (Phi) is 6.18. The van der Waals surface area contributed by atoms with Gasteiger partial charge in [0.25, 0.3) is 0 Å². The van der Waals surface area contributed by atoms with Crippen LogP contribution in [0, 0.1) is 0 Å². The molecule has 4 rings (SSSR count). The summed E-state index contributed by atoms with van der Waals surface area (Å²) >= 11 is 0. The number of aryl methyl sites for hydroxylation is 1. The lowest BCUT2D eigenvalue weighted by molar-refractivity contribution is -0.142. The van der Waals surface area contributed by atoms with Crippen LogP contribution < -0.4 is 0 Å². The third-order valence-corrected chi connectivity index (χ3v) is 5.63. The number of aliphatic hydroxyl groups excluding tert-OH is 1. The highest BCUT2D eigenvalue weighted by molar-refractivity contribution is 5.81. The Morgan fingerprint density at radius 1 is 1.12 bits per heavy atom. The van der Waals surface area contributed by atoms with Gasteiger partial charge in [0.1, 0.15) is 12.3 Å². The molecule has 1 aromatic heterocycles. The van der Waals surface area contributed by atoms with Crippen LogP contribution in [0.5, 0.6) is 0 Å². The van der Waals surface area contributed by atoms with Crippen LogP contribution in [0.4, 0.5) is 4.79 Å². The van der Waals surface area contributed by atoms with Crippen LogP contribution in [0.15, 0.2) is 54.7 Å². The van der Waals surface area contributed by atoms with Gasteiger partial charge < -0.3 is 14.9 Å². The second-order valence-electron chi connectivity index (χ2n) is 7.64. The number of fused-ring (bicyclic) bond motifs is 3. The van der Waals surface area contributed by atoms with E-state index in [4.69, 9.17) is 9.84 Å². The number of carboxylic acid groups (broad SMARTS) is 1. The number of aromatic nitrogens is 3. The number of rotatable bonds is 8. The Balaban J connectivity index is 1.48. The van der Waals surface area contributed by atoms with Crippen molar-refractivity contribution in [2.45, 2.75) is 24.9 Å². The molecule has 9 heteroatoms. The van der Waals surface area contributed by atoms with E-state index in [-0.39, 0.29) is 24.8 Å². The molecule has 1 heterocycles. The predicted octanol–water partition coefficient (Wildman–Crippen LogP) is 2.67. The van der Waals surface area contributed by atoms with Crippen molar-refractivity contribution in [2.75, 3.05) is 20.3 Å². The van der Waals surface area contributed by atoms with E-state index in [1.165, 1.54) is 17.9 Å². The lowest BCUT2D eigenvalue weighted by Gasteiger charge is -2.23. The molecular formula is C23H24N4O5. The summed E-state index contributed by atoms with van der Waals surface area (Å²) in [7, 11) is 1.37. The molecule has 1 amide bonds. The highest BCUT2D eigenvalue weighted by atomic mass is 16.6. The fourth-order valence-corrected chi connectivity index (χ4v) is 4.07. The minimum atomic E-state index is -1.34. The monoisotopic (exact) mass is 436 g/mol. The number of aliphatic hydroxyl groups is 1. The lowest BCUT2D eigenvalue weighted by atomic mass is 9.98. The Hall–Kier alpha value is -3.72. The number of carboxylic acids is 1. The summed E-state index contributed by atoms with van der Waals surface area (Å²) < 4.78 is 7.00. The standard InChI is InChI=1S/C23H24N4O5/c1-26(21(22(29)30)20-13-27(25-24-20)11-6-12-28)23(31)32-14-19-17-9-4-2-7-15(17)16-8-3-5-10-18(16)19/h2-5,7-10,13,19,21,28H,6,11-12,14H2,1H3,(H,29,30). The minimum Gasteiger partial charge on any atom is -0.479 e. The summed E-state index contributed by atoms with van der Waals surface area (Å²) in [6.45, 7) is 0.467. The Morgan fingerprint density at radius 2 is 1.75 bits per heavy atom. The van der Waals surface area contributed by atoms with E-state index in [0.717, 1.165) is 27.2 Å². The van der Waals surface area contributed by atoms with E-state index in [9.17, 15) is 14.7 Å². The third-order valence-electron chi connectivity index (χ3n) is 5.63. The van der Waals surface area contributed by atoms with Crippen LogP contribution in [0.25, 0.3) is 11.1 Å². The Morgan fingerprint density at radius 3 is 2.34 bits per heavy atom. The van der Waals surface area contributed by atoms with E-state index in [1.807, 2.05) is 48.5 Å². The van der Waals surface area contributed by atoms with Crippen molar-refractivity contribution in [2.24, 2.45) is 0 Å². The summed E-state index contributed by atoms with van der Waals surface area (Å²) in [5.41, 5.74) is 4.49. The quantitative estimate of drug-likeness (QED) is 0.557. The molecule has 32 heavy (non-hydrogen) atoms. The minimum absolute atomic E-state index is 0.0167. The maximum absolute atomic E-state index is 12.8. The average Bonchev–Trinajstić information content (AvgIpc) is 3.38. The predicted molar refractivity (Wildman–Crippen MR) is 115 cm³/mol. The molecule has 0 radical (unpaired) electrons. The SMILES string of the molecule is CN(C(=O)OCC1c2ccccc2-c2ccccc21)C(C(=O)O)c1cn(CCCO)nn1. The largest absolute Gasteiger partial charge is 0.479 e. The van der Waals surface area contributed by atoms with Gasteiger partial charge in [-0.15, -0.1) is 5.10 Å². The number of hydrogen-bond acceptors (Lipinski definition) is 6. The molecular weight excluding hydrogens is 412 g/mol. The molecule has 0 spiro atoms. The summed E-state index contributed by atoms with van der Waals surface area (Å²) in [4.78, 5) is 25.7. The van der Waals surface area contributed by atoms with Gasteiger partial charge in [0.05, 0.1) is 6.20 Å². The molecule has 0 saturated carbocycles. The zero-order chi connectivity index (χ0) is 22.7. The van der Waals surface area contributed by atoms with E-state index in [0.29, 0.717) is 13.0 Å². The van der Waals surface area contributed by atoms with Crippen LogP contribution >= 0.6 is 0 Å². The van der Waals surface area contributed by atoms with Crippen molar-refractivity contribution in [3.8, 4) is 11.1 Å². The zero-order valence-corrected chi connectivity index (χ0v) is 17.6. The maximum atomic E-state index is 12.8.